The van der Waals surface area contributed by atoms with Gasteiger partial charge in [0.25, 0.3) is 10.0 Å². The number of carbonyl (C=O) groups is 1. The van der Waals surface area contributed by atoms with Crippen LogP contribution in [-0.4, -0.2) is 42.3 Å². The average Bonchev–Trinajstić information content (AvgIpc) is 3.31. The largest absolute Gasteiger partial charge is 0.454 e. The molecule has 0 radical (unpaired) electrons. The van der Waals surface area contributed by atoms with Crippen LogP contribution in [0, 0.1) is 13.8 Å². The molecule has 1 aliphatic heterocycles. The highest BCUT2D eigenvalue weighted by atomic mass is 32.2. The molecule has 4 rings (SSSR count). The number of ether oxygens (including phenoxy) is 2. The number of rotatable bonds is 10. The Labute approximate surface area is 222 Å². The van der Waals surface area contributed by atoms with Crippen LogP contribution in [0.15, 0.2) is 65.6 Å². The molecule has 0 bridgehead atoms. The van der Waals surface area contributed by atoms with Crippen LogP contribution in [0.3, 0.4) is 0 Å². The molecule has 12 heteroatoms. The molecule has 0 saturated carbocycles. The van der Waals surface area contributed by atoms with E-state index < -0.39 is 20.0 Å². The van der Waals surface area contributed by atoms with Gasteiger partial charge in [-0.2, -0.15) is 0 Å². The lowest BCUT2D eigenvalue weighted by Crippen LogP contribution is -2.31. The fourth-order valence-corrected chi connectivity index (χ4v) is 5.88. The second kappa shape index (κ2) is 10.9. The van der Waals surface area contributed by atoms with Gasteiger partial charge in [0.15, 0.2) is 11.5 Å². The van der Waals surface area contributed by atoms with E-state index in [2.05, 4.69) is 10.0 Å². The number of benzene rings is 3. The average molecular weight is 560 g/mol. The maximum Gasteiger partial charge on any atom is 0.261 e. The van der Waals surface area contributed by atoms with Gasteiger partial charge in [0.1, 0.15) is 0 Å². The molecule has 1 aliphatic rings. The van der Waals surface area contributed by atoms with Gasteiger partial charge in [-0.1, -0.05) is 6.07 Å². The standard InChI is InChI=1S/C26H29N3O7S2/c1-18-6-7-21(15-19(18)2)28-38(33,34)23-11-8-20(9-12-23)27-26(30)5-4-14-29(37(3,31)32)22-10-13-24-25(16-22)36-17-35-24/h6-13,15-16,28H,4-5,14,17H2,1-3H3,(H,27,30). The van der Waals surface area contributed by atoms with Crippen LogP contribution in [0.2, 0.25) is 0 Å². The maximum absolute atomic E-state index is 12.7. The Balaban J connectivity index is 1.33. The molecule has 0 saturated heterocycles. The minimum Gasteiger partial charge on any atom is -0.454 e. The molecule has 2 N–H and O–H groups in total. The number of aryl methyl sites for hydroxylation is 2. The molecule has 0 unspecified atom stereocenters. The van der Waals surface area contributed by atoms with Crippen molar-refractivity contribution in [2.24, 2.45) is 0 Å². The Bertz CT molecular complexity index is 1550. The highest BCUT2D eigenvalue weighted by molar-refractivity contribution is 7.92. The number of sulfonamides is 2. The molecule has 1 heterocycles. The molecule has 0 aliphatic carbocycles. The Kier molecular flexibility index (Phi) is 7.83. The van der Waals surface area contributed by atoms with Crippen LogP contribution in [-0.2, 0) is 24.8 Å². The first-order valence-corrected chi connectivity index (χ1v) is 15.1. The van der Waals surface area contributed by atoms with E-state index in [4.69, 9.17) is 9.47 Å². The number of hydrogen-bond acceptors (Lipinski definition) is 7. The molecule has 0 aromatic heterocycles. The van der Waals surface area contributed by atoms with Gasteiger partial charge in [0, 0.05) is 30.4 Å². The number of hydrogen-bond donors (Lipinski definition) is 2. The van der Waals surface area contributed by atoms with E-state index in [1.54, 1.807) is 30.3 Å². The van der Waals surface area contributed by atoms with E-state index in [1.807, 2.05) is 19.9 Å². The monoisotopic (exact) mass is 559 g/mol. The fourth-order valence-electron chi connectivity index (χ4n) is 3.87. The summed E-state index contributed by atoms with van der Waals surface area (Å²) in [5.41, 5.74) is 3.34. The predicted molar refractivity (Wildman–Crippen MR) is 146 cm³/mol. The predicted octanol–water partition coefficient (Wildman–Crippen LogP) is 4.02. The Morgan fingerprint density at radius 1 is 0.868 bits per heavy atom. The summed E-state index contributed by atoms with van der Waals surface area (Å²) in [7, 11) is -7.39. The molecule has 0 atom stereocenters. The van der Waals surface area contributed by atoms with E-state index >= 15 is 0 Å². The van der Waals surface area contributed by atoms with Crippen molar-refractivity contribution in [3.05, 3.63) is 71.8 Å². The van der Waals surface area contributed by atoms with Gasteiger partial charge in [0.2, 0.25) is 22.7 Å². The molecule has 202 valence electrons. The summed E-state index contributed by atoms with van der Waals surface area (Å²) in [6.07, 6.45) is 1.42. The van der Waals surface area contributed by atoms with E-state index in [9.17, 15) is 21.6 Å². The zero-order valence-corrected chi connectivity index (χ0v) is 22.9. The minimum absolute atomic E-state index is 0.0567. The summed E-state index contributed by atoms with van der Waals surface area (Å²) in [6, 6.07) is 16.0. The van der Waals surface area contributed by atoms with Gasteiger partial charge < -0.3 is 14.8 Å². The van der Waals surface area contributed by atoms with Gasteiger partial charge in [-0.3, -0.25) is 13.8 Å². The zero-order valence-electron chi connectivity index (χ0n) is 21.2. The molecule has 1 amide bonds. The summed E-state index contributed by atoms with van der Waals surface area (Å²) in [6.45, 7) is 4.02. The highest BCUT2D eigenvalue weighted by Crippen LogP contribution is 2.36. The van der Waals surface area contributed by atoms with Crippen molar-refractivity contribution in [3.63, 3.8) is 0 Å². The number of anilines is 3. The second-order valence-electron chi connectivity index (χ2n) is 8.95. The third-order valence-corrected chi connectivity index (χ3v) is 8.61. The molecule has 0 spiro atoms. The summed E-state index contributed by atoms with van der Waals surface area (Å²) in [5, 5.41) is 2.71. The van der Waals surface area contributed by atoms with Gasteiger partial charge in [-0.05, 0) is 79.9 Å². The lowest BCUT2D eigenvalue weighted by Gasteiger charge is -2.22. The summed E-state index contributed by atoms with van der Waals surface area (Å²) in [5.74, 6) is 0.679. The molecular weight excluding hydrogens is 530 g/mol. The van der Waals surface area contributed by atoms with Gasteiger partial charge >= 0.3 is 0 Å². The number of fused-ring (bicyclic) bond motifs is 1. The van der Waals surface area contributed by atoms with Crippen LogP contribution in [0.1, 0.15) is 24.0 Å². The minimum atomic E-state index is -3.80. The molecule has 0 fully saturated rings. The first-order valence-electron chi connectivity index (χ1n) is 11.8. The van der Waals surface area contributed by atoms with Crippen LogP contribution < -0.4 is 23.8 Å². The van der Waals surface area contributed by atoms with Crippen LogP contribution >= 0.6 is 0 Å². The third kappa shape index (κ3) is 6.56. The van der Waals surface area contributed by atoms with Gasteiger partial charge in [0.05, 0.1) is 16.8 Å². The quantitative estimate of drug-likeness (QED) is 0.384. The number of carbonyl (C=O) groups excluding carboxylic acids is 1. The Morgan fingerprint density at radius 2 is 1.55 bits per heavy atom. The van der Waals surface area contributed by atoms with Crippen LogP contribution in [0.25, 0.3) is 0 Å². The normalized spacial score (nSPS) is 12.7. The topological polar surface area (TPSA) is 131 Å². The highest BCUT2D eigenvalue weighted by Gasteiger charge is 2.22. The zero-order chi connectivity index (χ0) is 27.5. The van der Waals surface area contributed by atoms with Crippen molar-refractivity contribution in [3.8, 4) is 11.5 Å². The number of amides is 1. The third-order valence-electron chi connectivity index (χ3n) is 6.02. The second-order valence-corrected chi connectivity index (χ2v) is 12.5. The molecule has 10 nitrogen and oxygen atoms in total. The number of nitrogens with one attached hydrogen (secondary N) is 2. The van der Waals surface area contributed by atoms with Crippen molar-refractivity contribution in [1.29, 1.82) is 0 Å². The van der Waals surface area contributed by atoms with E-state index in [-0.39, 0.29) is 37.0 Å². The molecule has 3 aromatic carbocycles. The van der Waals surface area contributed by atoms with E-state index in [0.717, 1.165) is 17.4 Å². The first kappa shape index (κ1) is 27.3. The van der Waals surface area contributed by atoms with Crippen LogP contribution in [0.4, 0.5) is 17.1 Å². The smallest absolute Gasteiger partial charge is 0.261 e. The summed E-state index contributed by atoms with van der Waals surface area (Å²) in [4.78, 5) is 12.5. The summed E-state index contributed by atoms with van der Waals surface area (Å²) < 4.78 is 64.5. The van der Waals surface area contributed by atoms with Crippen molar-refractivity contribution >= 4 is 43.0 Å². The lowest BCUT2D eigenvalue weighted by molar-refractivity contribution is -0.116. The molecule has 38 heavy (non-hydrogen) atoms. The Hall–Kier alpha value is -3.77. The molecule has 3 aromatic rings. The lowest BCUT2D eigenvalue weighted by atomic mass is 10.1. The van der Waals surface area contributed by atoms with Crippen molar-refractivity contribution in [2.45, 2.75) is 31.6 Å². The Morgan fingerprint density at radius 3 is 2.24 bits per heavy atom. The van der Waals surface area contributed by atoms with Crippen molar-refractivity contribution < 1.29 is 31.1 Å². The number of nitrogens with zero attached hydrogens (tertiary/aromatic N) is 1. The molecular formula is C26H29N3O7S2. The summed E-state index contributed by atoms with van der Waals surface area (Å²) >= 11 is 0. The van der Waals surface area contributed by atoms with Crippen LogP contribution in [0.5, 0.6) is 11.5 Å². The van der Waals surface area contributed by atoms with Crippen molar-refractivity contribution in [2.75, 3.05) is 33.9 Å². The van der Waals surface area contributed by atoms with E-state index in [0.29, 0.717) is 28.6 Å². The first-order chi connectivity index (χ1) is 17.9. The van der Waals surface area contributed by atoms with Crippen molar-refractivity contribution in [1.82, 2.24) is 0 Å². The van der Waals surface area contributed by atoms with Gasteiger partial charge in [-0.15, -0.1) is 0 Å². The van der Waals surface area contributed by atoms with Gasteiger partial charge in [-0.25, -0.2) is 16.8 Å². The SMILES string of the molecule is Cc1ccc(NS(=O)(=O)c2ccc(NC(=O)CCCN(c3ccc4c(c3)OCO4)S(C)(=O)=O)cc2)cc1C. The maximum atomic E-state index is 12.7. The van der Waals surface area contributed by atoms with E-state index in [1.165, 1.54) is 28.6 Å². The fraction of sp³-hybridized carbons (Fsp3) is 0.269.